The van der Waals surface area contributed by atoms with Gasteiger partial charge in [0.05, 0.1) is 11.3 Å². The summed E-state index contributed by atoms with van der Waals surface area (Å²) in [5.74, 6) is -0.546. The monoisotopic (exact) mass is 551 g/mol. The molecule has 1 aromatic heterocycles. The third-order valence-corrected chi connectivity index (χ3v) is 8.30. The SMILES string of the molecule is CCCCCCCCn1c(C)c(C2(c3ccc(N(C)C)cc3NC(C)=O)OC(=O)c3ccccc32)c2ccccc21. The molecule has 0 spiro atoms. The van der Waals surface area contributed by atoms with Gasteiger partial charge in [0, 0.05) is 66.5 Å². The number of aromatic nitrogens is 1. The van der Waals surface area contributed by atoms with Crippen molar-refractivity contribution in [3.63, 3.8) is 0 Å². The average Bonchev–Trinajstić information content (AvgIpc) is 3.41. The first-order chi connectivity index (χ1) is 19.8. The summed E-state index contributed by atoms with van der Waals surface area (Å²) >= 11 is 0. The number of para-hydroxylation sites is 1. The Labute approximate surface area is 243 Å². The standard InChI is InChI=1S/C35H41N3O3/c1-6-7-8-9-10-15-22-38-24(2)33(28-17-12-14-19-32(28)38)35(29-18-13-11-16-27(29)34(40)41-35)30-21-20-26(37(4)5)23-31(30)36-25(3)39/h11-14,16-21,23H,6-10,15,22H2,1-5H3,(H,36,39). The van der Waals surface area contributed by atoms with Crippen LogP contribution in [0.3, 0.4) is 0 Å². The molecule has 2 heterocycles. The molecule has 0 radical (unpaired) electrons. The van der Waals surface area contributed by atoms with Crippen LogP contribution in [0.2, 0.25) is 0 Å². The Balaban J connectivity index is 1.75. The van der Waals surface area contributed by atoms with E-state index in [1.807, 2.05) is 67.5 Å². The Morgan fingerprint density at radius 3 is 2.39 bits per heavy atom. The number of cyclic esters (lactones) is 1. The minimum Gasteiger partial charge on any atom is -0.440 e. The highest BCUT2D eigenvalue weighted by atomic mass is 16.6. The smallest absolute Gasteiger partial charge is 0.340 e. The minimum atomic E-state index is -1.23. The number of fused-ring (bicyclic) bond motifs is 2. The summed E-state index contributed by atoms with van der Waals surface area (Å²) in [6, 6.07) is 22.0. The van der Waals surface area contributed by atoms with Crippen LogP contribution in [0.1, 0.15) is 85.1 Å². The highest BCUT2D eigenvalue weighted by Crippen LogP contribution is 2.53. The van der Waals surface area contributed by atoms with Crippen molar-refractivity contribution in [3.8, 4) is 0 Å². The zero-order valence-electron chi connectivity index (χ0n) is 24.9. The fraction of sp³-hybridized carbons (Fsp3) is 0.371. The van der Waals surface area contributed by atoms with Crippen LogP contribution in [0, 0.1) is 6.92 Å². The lowest BCUT2D eigenvalue weighted by molar-refractivity contribution is -0.114. The predicted molar refractivity (Wildman–Crippen MR) is 167 cm³/mol. The maximum absolute atomic E-state index is 13.6. The molecule has 214 valence electrons. The molecule has 0 saturated heterocycles. The lowest BCUT2D eigenvalue weighted by atomic mass is 9.77. The second kappa shape index (κ2) is 11.8. The van der Waals surface area contributed by atoms with Crippen LogP contribution in [0.25, 0.3) is 10.9 Å². The molecular formula is C35H41N3O3. The molecule has 3 aromatic carbocycles. The van der Waals surface area contributed by atoms with Crippen molar-refractivity contribution >= 4 is 34.2 Å². The molecule has 1 atom stereocenters. The van der Waals surface area contributed by atoms with Gasteiger partial charge in [-0.3, -0.25) is 4.79 Å². The molecule has 0 aliphatic carbocycles. The first-order valence-corrected chi connectivity index (χ1v) is 14.8. The van der Waals surface area contributed by atoms with Crippen LogP contribution in [-0.2, 0) is 21.7 Å². The van der Waals surface area contributed by atoms with Gasteiger partial charge < -0.3 is 19.5 Å². The third kappa shape index (κ3) is 5.12. The van der Waals surface area contributed by atoms with E-state index in [-0.39, 0.29) is 11.9 Å². The van der Waals surface area contributed by atoms with Crippen molar-refractivity contribution in [1.29, 1.82) is 0 Å². The summed E-state index contributed by atoms with van der Waals surface area (Å²) in [5, 5.41) is 4.10. The highest BCUT2D eigenvalue weighted by molar-refractivity contribution is 6.00. The second-order valence-corrected chi connectivity index (χ2v) is 11.3. The minimum absolute atomic E-state index is 0.183. The van der Waals surface area contributed by atoms with Gasteiger partial charge in [0.2, 0.25) is 5.91 Å². The molecule has 0 bridgehead atoms. The fourth-order valence-electron chi connectivity index (χ4n) is 6.36. The lowest BCUT2D eigenvalue weighted by Crippen LogP contribution is -2.32. The van der Waals surface area contributed by atoms with Gasteiger partial charge in [-0.05, 0) is 37.6 Å². The van der Waals surface area contributed by atoms with Crippen molar-refractivity contribution in [3.05, 3.63) is 94.7 Å². The number of unbranched alkanes of at least 4 members (excludes halogenated alkanes) is 5. The number of hydrogen-bond acceptors (Lipinski definition) is 4. The van der Waals surface area contributed by atoms with Crippen LogP contribution in [-0.4, -0.2) is 30.5 Å². The van der Waals surface area contributed by atoms with Gasteiger partial charge in [-0.2, -0.15) is 0 Å². The topological polar surface area (TPSA) is 63.6 Å². The van der Waals surface area contributed by atoms with Crippen LogP contribution >= 0.6 is 0 Å². The summed E-state index contributed by atoms with van der Waals surface area (Å²) in [5.41, 5.74) is 5.54. The number of aryl methyl sites for hydroxylation is 1. The van der Waals surface area contributed by atoms with Crippen LogP contribution in [0.4, 0.5) is 11.4 Å². The quantitative estimate of drug-likeness (QED) is 0.153. The number of hydrogen-bond donors (Lipinski definition) is 1. The number of nitrogens with one attached hydrogen (secondary N) is 1. The van der Waals surface area contributed by atoms with Gasteiger partial charge in [-0.1, -0.05) is 81.5 Å². The predicted octanol–water partition coefficient (Wildman–Crippen LogP) is 7.80. The Kier molecular flexibility index (Phi) is 8.20. The van der Waals surface area contributed by atoms with Crippen LogP contribution in [0.5, 0.6) is 0 Å². The van der Waals surface area contributed by atoms with Gasteiger partial charge in [0.25, 0.3) is 0 Å². The van der Waals surface area contributed by atoms with Gasteiger partial charge in [-0.15, -0.1) is 0 Å². The molecule has 41 heavy (non-hydrogen) atoms. The summed E-state index contributed by atoms with van der Waals surface area (Å²) in [6.07, 6.45) is 7.31. The van der Waals surface area contributed by atoms with E-state index in [9.17, 15) is 9.59 Å². The molecule has 1 aliphatic heterocycles. The molecule has 0 fully saturated rings. The fourth-order valence-corrected chi connectivity index (χ4v) is 6.36. The Hall–Kier alpha value is -4.06. The summed E-state index contributed by atoms with van der Waals surface area (Å²) in [4.78, 5) is 28.0. The number of carbonyl (C=O) groups excluding carboxylic acids is 2. The van der Waals surface area contributed by atoms with Crippen molar-refractivity contribution in [2.45, 2.75) is 71.4 Å². The second-order valence-electron chi connectivity index (χ2n) is 11.3. The average molecular weight is 552 g/mol. The molecule has 6 heteroatoms. The van der Waals surface area contributed by atoms with Crippen LogP contribution < -0.4 is 10.2 Å². The molecule has 1 amide bonds. The highest BCUT2D eigenvalue weighted by Gasteiger charge is 2.52. The number of anilines is 2. The van der Waals surface area contributed by atoms with Crippen molar-refractivity contribution in [2.24, 2.45) is 0 Å². The van der Waals surface area contributed by atoms with E-state index in [0.29, 0.717) is 11.3 Å². The molecule has 6 nitrogen and oxygen atoms in total. The maximum Gasteiger partial charge on any atom is 0.340 e. The number of rotatable bonds is 11. The zero-order chi connectivity index (χ0) is 29.1. The van der Waals surface area contributed by atoms with Gasteiger partial charge in [-0.25, -0.2) is 4.79 Å². The summed E-state index contributed by atoms with van der Waals surface area (Å²) in [6.45, 7) is 6.77. The molecule has 1 unspecified atom stereocenters. The van der Waals surface area contributed by atoms with E-state index in [4.69, 9.17) is 4.74 Å². The summed E-state index contributed by atoms with van der Waals surface area (Å²) < 4.78 is 8.95. The van der Waals surface area contributed by atoms with Crippen molar-refractivity contribution < 1.29 is 14.3 Å². The molecule has 4 aromatic rings. The Morgan fingerprint density at radius 2 is 1.63 bits per heavy atom. The number of carbonyl (C=O) groups is 2. The van der Waals surface area contributed by atoms with E-state index in [2.05, 4.69) is 41.9 Å². The number of ether oxygens (including phenoxy) is 1. The normalized spacial score (nSPS) is 16.1. The van der Waals surface area contributed by atoms with Gasteiger partial charge >= 0.3 is 5.97 Å². The number of benzene rings is 3. The van der Waals surface area contributed by atoms with E-state index in [1.165, 1.54) is 39.0 Å². The van der Waals surface area contributed by atoms with Crippen molar-refractivity contribution in [2.75, 3.05) is 24.3 Å². The molecule has 5 rings (SSSR count). The van der Waals surface area contributed by atoms with Crippen LogP contribution in [0.15, 0.2) is 66.7 Å². The third-order valence-electron chi connectivity index (χ3n) is 8.30. The molecule has 1 N–H and O–H groups in total. The number of esters is 1. The van der Waals surface area contributed by atoms with E-state index < -0.39 is 5.60 Å². The first kappa shape index (κ1) is 28.5. The van der Waals surface area contributed by atoms with Gasteiger partial charge in [0.15, 0.2) is 5.60 Å². The van der Waals surface area contributed by atoms with Crippen molar-refractivity contribution in [1.82, 2.24) is 4.57 Å². The first-order valence-electron chi connectivity index (χ1n) is 14.8. The number of nitrogens with zero attached hydrogens (tertiary/aromatic N) is 2. The van der Waals surface area contributed by atoms with E-state index in [1.54, 1.807) is 0 Å². The number of amides is 1. The Morgan fingerprint density at radius 1 is 0.927 bits per heavy atom. The molecular weight excluding hydrogens is 510 g/mol. The van der Waals surface area contributed by atoms with E-state index in [0.717, 1.165) is 51.9 Å². The summed E-state index contributed by atoms with van der Waals surface area (Å²) in [7, 11) is 3.93. The molecule has 1 aliphatic rings. The lowest BCUT2D eigenvalue weighted by Gasteiger charge is -2.33. The largest absolute Gasteiger partial charge is 0.440 e. The maximum atomic E-state index is 13.6. The Bertz CT molecular complexity index is 1590. The van der Waals surface area contributed by atoms with Gasteiger partial charge in [0.1, 0.15) is 0 Å². The van der Waals surface area contributed by atoms with E-state index >= 15 is 0 Å². The molecule has 0 saturated carbocycles. The zero-order valence-corrected chi connectivity index (χ0v) is 24.9.